The summed E-state index contributed by atoms with van der Waals surface area (Å²) in [5.74, 6) is 0. The average molecular weight is 158 g/mol. The zero-order chi connectivity index (χ0) is 8.48. The van der Waals surface area contributed by atoms with Crippen LogP contribution in [0.15, 0.2) is 0 Å². The fourth-order valence-corrected chi connectivity index (χ4v) is 2.21. The number of nitrogens with zero attached hydrogens (tertiary/aromatic N) is 1. The lowest BCUT2D eigenvalue weighted by Gasteiger charge is -2.42. The summed E-state index contributed by atoms with van der Waals surface area (Å²) in [6.07, 6.45) is 3.64. The number of likely N-dealkylation sites (N-methyl/N-ethyl adjacent to an activating group) is 1. The molecule has 0 aromatic rings. The number of aliphatic hydroxyl groups excluding tert-OH is 1. The van der Waals surface area contributed by atoms with E-state index in [1.54, 1.807) is 0 Å². The van der Waals surface area contributed by atoms with Crippen LogP contribution in [0, 0.1) is 0 Å². The number of likely N-dealkylation sites (tertiary alicyclic amines) is 1. The van der Waals surface area contributed by atoms with Crippen LogP contribution < -0.4 is 0 Å². The summed E-state index contributed by atoms with van der Waals surface area (Å²) < 4.78 is 0.998. The second-order valence-corrected chi connectivity index (χ2v) is 4.31. The van der Waals surface area contributed by atoms with Gasteiger partial charge >= 0.3 is 0 Å². The highest BCUT2D eigenvalue weighted by molar-refractivity contribution is 4.69. The summed E-state index contributed by atoms with van der Waals surface area (Å²) in [5, 5.41) is 9.50. The van der Waals surface area contributed by atoms with E-state index >= 15 is 0 Å². The second kappa shape index (κ2) is 3.11. The van der Waals surface area contributed by atoms with Crippen molar-refractivity contribution in [2.75, 3.05) is 20.6 Å². The zero-order valence-corrected chi connectivity index (χ0v) is 7.88. The van der Waals surface area contributed by atoms with Crippen molar-refractivity contribution in [1.82, 2.24) is 0 Å². The standard InChI is InChI=1S/C9H20NO/c1-8(11)9-6-4-5-7-10(9,2)3/h8-9,11H,4-7H2,1-3H3/q+1. The molecule has 0 aliphatic carbocycles. The highest BCUT2D eigenvalue weighted by Crippen LogP contribution is 2.23. The third kappa shape index (κ3) is 1.94. The number of piperidine rings is 1. The smallest absolute Gasteiger partial charge is 0.115 e. The minimum atomic E-state index is -0.148. The molecule has 2 heteroatoms. The van der Waals surface area contributed by atoms with Crippen molar-refractivity contribution in [3.8, 4) is 0 Å². The maximum atomic E-state index is 9.50. The van der Waals surface area contributed by atoms with Crippen LogP contribution in [0.5, 0.6) is 0 Å². The molecule has 1 saturated heterocycles. The van der Waals surface area contributed by atoms with E-state index in [0.29, 0.717) is 6.04 Å². The van der Waals surface area contributed by atoms with E-state index in [2.05, 4.69) is 14.1 Å². The summed E-state index contributed by atoms with van der Waals surface area (Å²) >= 11 is 0. The number of hydrogen-bond acceptors (Lipinski definition) is 1. The number of rotatable bonds is 1. The van der Waals surface area contributed by atoms with Crippen LogP contribution in [-0.4, -0.2) is 42.4 Å². The monoisotopic (exact) mass is 158 g/mol. The molecule has 0 aromatic carbocycles. The van der Waals surface area contributed by atoms with Crippen LogP contribution in [0.3, 0.4) is 0 Å². The Hall–Kier alpha value is -0.0800. The molecule has 0 amide bonds. The van der Waals surface area contributed by atoms with Crippen molar-refractivity contribution in [1.29, 1.82) is 0 Å². The molecule has 66 valence electrons. The first kappa shape index (κ1) is 9.01. The molecule has 1 N–H and O–H groups in total. The van der Waals surface area contributed by atoms with Crippen molar-refractivity contribution >= 4 is 0 Å². The van der Waals surface area contributed by atoms with Gasteiger partial charge in [0, 0.05) is 6.42 Å². The molecule has 2 atom stereocenters. The van der Waals surface area contributed by atoms with E-state index in [1.807, 2.05) is 6.92 Å². The SMILES string of the molecule is CC(O)C1CCCC[N+]1(C)C. The lowest BCUT2D eigenvalue weighted by molar-refractivity contribution is -0.923. The highest BCUT2D eigenvalue weighted by Gasteiger charge is 2.34. The van der Waals surface area contributed by atoms with Gasteiger partial charge < -0.3 is 9.59 Å². The Morgan fingerprint density at radius 1 is 1.36 bits per heavy atom. The van der Waals surface area contributed by atoms with Crippen LogP contribution in [0.4, 0.5) is 0 Å². The third-order valence-corrected chi connectivity index (χ3v) is 2.94. The van der Waals surface area contributed by atoms with Gasteiger partial charge in [-0.05, 0) is 19.8 Å². The normalized spacial score (nSPS) is 33.3. The predicted octanol–water partition coefficient (Wildman–Crippen LogP) is 0.996. The molecule has 0 aromatic heterocycles. The molecule has 1 rings (SSSR count). The molecule has 1 aliphatic heterocycles. The van der Waals surface area contributed by atoms with Crippen molar-refractivity contribution in [3.63, 3.8) is 0 Å². The zero-order valence-electron chi connectivity index (χ0n) is 7.88. The Balaban J connectivity index is 2.60. The highest BCUT2D eigenvalue weighted by atomic mass is 16.3. The second-order valence-electron chi connectivity index (χ2n) is 4.31. The van der Waals surface area contributed by atoms with Crippen LogP contribution in [-0.2, 0) is 0 Å². The Kier molecular flexibility index (Phi) is 2.55. The maximum absolute atomic E-state index is 9.50. The van der Waals surface area contributed by atoms with Crippen LogP contribution in [0.2, 0.25) is 0 Å². The van der Waals surface area contributed by atoms with Gasteiger partial charge in [-0.25, -0.2) is 0 Å². The van der Waals surface area contributed by atoms with Crippen molar-refractivity contribution < 1.29 is 9.59 Å². The molecule has 2 nitrogen and oxygen atoms in total. The van der Waals surface area contributed by atoms with E-state index in [4.69, 9.17) is 0 Å². The van der Waals surface area contributed by atoms with Crippen molar-refractivity contribution in [2.45, 2.75) is 38.3 Å². The number of quaternary nitrogens is 1. The fraction of sp³-hybridized carbons (Fsp3) is 1.00. The molecule has 0 spiro atoms. The number of hydrogen-bond donors (Lipinski definition) is 1. The molecule has 1 aliphatic rings. The van der Waals surface area contributed by atoms with Gasteiger partial charge in [-0.3, -0.25) is 0 Å². The molecule has 0 bridgehead atoms. The maximum Gasteiger partial charge on any atom is 0.115 e. The molecule has 0 saturated carbocycles. The van der Waals surface area contributed by atoms with Gasteiger partial charge in [0.2, 0.25) is 0 Å². The van der Waals surface area contributed by atoms with E-state index in [9.17, 15) is 5.11 Å². The van der Waals surface area contributed by atoms with Gasteiger partial charge in [0.15, 0.2) is 0 Å². The van der Waals surface area contributed by atoms with Crippen LogP contribution in [0.25, 0.3) is 0 Å². The van der Waals surface area contributed by atoms with Crippen molar-refractivity contribution in [3.05, 3.63) is 0 Å². The van der Waals surface area contributed by atoms with E-state index in [-0.39, 0.29) is 6.10 Å². The predicted molar refractivity (Wildman–Crippen MR) is 46.3 cm³/mol. The fourth-order valence-electron chi connectivity index (χ4n) is 2.21. The lowest BCUT2D eigenvalue weighted by atomic mass is 9.96. The molecule has 1 fully saturated rings. The van der Waals surface area contributed by atoms with Gasteiger partial charge in [0.25, 0.3) is 0 Å². The first-order chi connectivity index (χ1) is 5.04. The lowest BCUT2D eigenvalue weighted by Crippen LogP contribution is -2.56. The van der Waals surface area contributed by atoms with Crippen LogP contribution in [0.1, 0.15) is 26.2 Å². The molecule has 1 heterocycles. The Morgan fingerprint density at radius 3 is 2.36 bits per heavy atom. The molecular weight excluding hydrogens is 138 g/mol. The molecule has 2 unspecified atom stereocenters. The van der Waals surface area contributed by atoms with Gasteiger partial charge in [-0.15, -0.1) is 0 Å². The molecule has 0 radical (unpaired) electrons. The van der Waals surface area contributed by atoms with E-state index < -0.39 is 0 Å². The van der Waals surface area contributed by atoms with E-state index in [1.165, 1.54) is 25.8 Å². The Morgan fingerprint density at radius 2 is 2.00 bits per heavy atom. The number of aliphatic hydroxyl groups is 1. The molecular formula is C9H20NO+. The first-order valence-corrected chi connectivity index (χ1v) is 4.55. The summed E-state index contributed by atoms with van der Waals surface area (Å²) in [5.41, 5.74) is 0. The Labute approximate surface area is 69.4 Å². The van der Waals surface area contributed by atoms with Crippen LogP contribution >= 0.6 is 0 Å². The summed E-state index contributed by atoms with van der Waals surface area (Å²) in [7, 11) is 4.44. The third-order valence-electron chi connectivity index (χ3n) is 2.94. The summed E-state index contributed by atoms with van der Waals surface area (Å²) in [6, 6.07) is 0.462. The topological polar surface area (TPSA) is 20.2 Å². The van der Waals surface area contributed by atoms with Crippen molar-refractivity contribution in [2.24, 2.45) is 0 Å². The van der Waals surface area contributed by atoms with Gasteiger partial charge in [-0.1, -0.05) is 0 Å². The minimum Gasteiger partial charge on any atom is -0.387 e. The van der Waals surface area contributed by atoms with Gasteiger partial charge in [0.05, 0.1) is 20.6 Å². The summed E-state index contributed by atoms with van der Waals surface area (Å²) in [4.78, 5) is 0. The summed E-state index contributed by atoms with van der Waals surface area (Å²) in [6.45, 7) is 3.13. The quantitative estimate of drug-likeness (QED) is 0.564. The molecule has 11 heavy (non-hydrogen) atoms. The largest absolute Gasteiger partial charge is 0.387 e. The Bertz CT molecular complexity index is 132. The first-order valence-electron chi connectivity index (χ1n) is 4.55. The van der Waals surface area contributed by atoms with E-state index in [0.717, 1.165) is 4.48 Å². The average Bonchev–Trinajstić information content (AvgIpc) is 1.85. The van der Waals surface area contributed by atoms with Gasteiger partial charge in [-0.2, -0.15) is 0 Å². The van der Waals surface area contributed by atoms with Gasteiger partial charge in [0.1, 0.15) is 12.1 Å². The minimum absolute atomic E-state index is 0.148.